The average Bonchev–Trinajstić information content (AvgIpc) is 2.05. The zero-order valence-electron chi connectivity index (χ0n) is 8.94. The molecule has 0 aliphatic rings. The van der Waals surface area contributed by atoms with Gasteiger partial charge in [0.2, 0.25) is 0 Å². The normalized spacial score (nSPS) is 16.5. The maximum Gasteiger partial charge on any atom is 0.0387 e. The minimum absolute atomic E-state index is 0.376. The van der Waals surface area contributed by atoms with Crippen LogP contribution in [0.2, 0.25) is 0 Å². The number of halogens is 1. The zero-order chi connectivity index (χ0) is 9.56. The van der Waals surface area contributed by atoms with Crippen molar-refractivity contribution in [3.05, 3.63) is 0 Å². The van der Waals surface area contributed by atoms with E-state index in [1.807, 2.05) is 0 Å². The fourth-order valence-electron chi connectivity index (χ4n) is 1.60. The van der Waals surface area contributed by atoms with Crippen molar-refractivity contribution in [3.8, 4) is 0 Å². The highest BCUT2D eigenvalue weighted by Gasteiger charge is 2.19. The molecule has 0 amide bonds. The molecule has 0 aliphatic carbocycles. The summed E-state index contributed by atoms with van der Waals surface area (Å²) in [4.78, 5) is 0. The second-order valence-corrected chi connectivity index (χ2v) is 4.50. The Morgan fingerprint density at radius 2 is 1.75 bits per heavy atom. The van der Waals surface area contributed by atoms with Crippen molar-refractivity contribution in [1.82, 2.24) is 0 Å². The van der Waals surface area contributed by atoms with Crippen LogP contribution in [0.3, 0.4) is 0 Å². The van der Waals surface area contributed by atoms with Gasteiger partial charge in [0, 0.05) is 5.38 Å². The summed E-state index contributed by atoms with van der Waals surface area (Å²) in [6.45, 7) is 8.92. The first-order chi connectivity index (χ1) is 5.63. The summed E-state index contributed by atoms with van der Waals surface area (Å²) >= 11 is 6.32. The average molecular weight is 191 g/mol. The highest BCUT2D eigenvalue weighted by molar-refractivity contribution is 6.20. The molecule has 0 N–H and O–H groups in total. The molecule has 0 aromatic rings. The Morgan fingerprint density at radius 1 is 1.17 bits per heavy atom. The molecule has 2 atom stereocenters. The molecule has 0 spiro atoms. The maximum atomic E-state index is 6.32. The lowest BCUT2D eigenvalue weighted by Gasteiger charge is -2.23. The van der Waals surface area contributed by atoms with Crippen LogP contribution in [0.15, 0.2) is 0 Å². The fraction of sp³-hybridized carbons (Fsp3) is 1.00. The van der Waals surface area contributed by atoms with E-state index in [9.17, 15) is 0 Å². The van der Waals surface area contributed by atoms with E-state index in [1.54, 1.807) is 0 Å². The summed E-state index contributed by atoms with van der Waals surface area (Å²) in [5.74, 6) is 1.35. The number of alkyl halides is 1. The van der Waals surface area contributed by atoms with Gasteiger partial charge in [-0.3, -0.25) is 0 Å². The van der Waals surface area contributed by atoms with Crippen LogP contribution >= 0.6 is 11.6 Å². The SMILES string of the molecule is CCCCC(CC)C(Cl)C(C)C. The minimum atomic E-state index is 0.376. The summed E-state index contributed by atoms with van der Waals surface area (Å²) in [6, 6.07) is 0. The molecule has 0 heterocycles. The van der Waals surface area contributed by atoms with Gasteiger partial charge in [0.25, 0.3) is 0 Å². The van der Waals surface area contributed by atoms with Crippen LogP contribution in [0.25, 0.3) is 0 Å². The second kappa shape index (κ2) is 6.77. The van der Waals surface area contributed by atoms with E-state index in [1.165, 1.54) is 25.7 Å². The topological polar surface area (TPSA) is 0 Å². The number of hydrogen-bond donors (Lipinski definition) is 0. The summed E-state index contributed by atoms with van der Waals surface area (Å²) < 4.78 is 0. The van der Waals surface area contributed by atoms with Crippen molar-refractivity contribution in [2.75, 3.05) is 0 Å². The highest BCUT2D eigenvalue weighted by Crippen LogP contribution is 2.26. The lowest BCUT2D eigenvalue weighted by Crippen LogP contribution is -2.19. The van der Waals surface area contributed by atoms with Gasteiger partial charge in [-0.1, -0.05) is 47.0 Å². The van der Waals surface area contributed by atoms with Gasteiger partial charge in [0.15, 0.2) is 0 Å². The fourth-order valence-corrected chi connectivity index (χ4v) is 1.90. The molecule has 2 unspecified atom stereocenters. The van der Waals surface area contributed by atoms with Gasteiger partial charge in [0.1, 0.15) is 0 Å². The maximum absolute atomic E-state index is 6.32. The minimum Gasteiger partial charge on any atom is -0.122 e. The van der Waals surface area contributed by atoms with Crippen LogP contribution < -0.4 is 0 Å². The molecule has 0 aliphatic heterocycles. The van der Waals surface area contributed by atoms with Gasteiger partial charge in [-0.15, -0.1) is 11.6 Å². The molecule has 1 heteroatoms. The van der Waals surface area contributed by atoms with Crippen molar-refractivity contribution in [2.24, 2.45) is 11.8 Å². The molecule has 74 valence electrons. The largest absolute Gasteiger partial charge is 0.122 e. The van der Waals surface area contributed by atoms with Gasteiger partial charge in [-0.25, -0.2) is 0 Å². The van der Waals surface area contributed by atoms with Crippen molar-refractivity contribution in [1.29, 1.82) is 0 Å². The molecular weight excluding hydrogens is 168 g/mol. The Labute approximate surface area is 82.7 Å². The summed E-state index contributed by atoms with van der Waals surface area (Å²) in [5, 5.41) is 0.376. The highest BCUT2D eigenvalue weighted by atomic mass is 35.5. The van der Waals surface area contributed by atoms with E-state index in [2.05, 4.69) is 27.7 Å². The molecule has 0 nitrogen and oxygen atoms in total. The molecule has 0 saturated carbocycles. The Balaban J connectivity index is 3.79. The standard InChI is InChI=1S/C11H23Cl/c1-5-7-8-10(6-2)11(12)9(3)4/h9-11H,5-8H2,1-4H3. The predicted molar refractivity (Wildman–Crippen MR) is 57.8 cm³/mol. The molecule has 0 aromatic heterocycles. The third kappa shape index (κ3) is 4.35. The molecule has 0 fully saturated rings. The number of unbranched alkanes of at least 4 members (excludes halogenated alkanes) is 1. The van der Waals surface area contributed by atoms with Crippen LogP contribution in [0, 0.1) is 11.8 Å². The molecule has 0 aromatic carbocycles. The summed E-state index contributed by atoms with van der Waals surface area (Å²) in [7, 11) is 0. The third-order valence-electron chi connectivity index (χ3n) is 2.54. The quantitative estimate of drug-likeness (QED) is 0.543. The Kier molecular flexibility index (Phi) is 6.93. The van der Waals surface area contributed by atoms with Crippen LogP contribution in [-0.2, 0) is 0 Å². The summed E-state index contributed by atoms with van der Waals surface area (Å²) in [6.07, 6.45) is 5.15. The number of rotatable bonds is 6. The van der Waals surface area contributed by atoms with Crippen LogP contribution in [0.4, 0.5) is 0 Å². The molecule has 0 radical (unpaired) electrons. The lowest BCUT2D eigenvalue weighted by molar-refractivity contribution is 0.374. The molecular formula is C11H23Cl. The number of hydrogen-bond acceptors (Lipinski definition) is 0. The first-order valence-electron chi connectivity index (χ1n) is 5.27. The lowest BCUT2D eigenvalue weighted by atomic mass is 9.90. The van der Waals surface area contributed by atoms with E-state index in [0.717, 1.165) is 5.92 Å². The van der Waals surface area contributed by atoms with E-state index in [4.69, 9.17) is 11.6 Å². The van der Waals surface area contributed by atoms with Gasteiger partial charge in [0.05, 0.1) is 0 Å². The van der Waals surface area contributed by atoms with E-state index in [-0.39, 0.29) is 0 Å². The first kappa shape index (κ1) is 12.3. The third-order valence-corrected chi connectivity index (χ3v) is 3.40. The van der Waals surface area contributed by atoms with Crippen molar-refractivity contribution < 1.29 is 0 Å². The zero-order valence-corrected chi connectivity index (χ0v) is 9.69. The van der Waals surface area contributed by atoms with Crippen LogP contribution in [-0.4, -0.2) is 5.38 Å². The Bertz CT molecular complexity index is 99.2. The van der Waals surface area contributed by atoms with Crippen LogP contribution in [0.1, 0.15) is 53.4 Å². The molecule has 0 bridgehead atoms. The Morgan fingerprint density at radius 3 is 2.08 bits per heavy atom. The van der Waals surface area contributed by atoms with E-state index in [0.29, 0.717) is 11.3 Å². The van der Waals surface area contributed by atoms with E-state index >= 15 is 0 Å². The van der Waals surface area contributed by atoms with Crippen LogP contribution in [0.5, 0.6) is 0 Å². The Hall–Kier alpha value is 0.290. The second-order valence-electron chi connectivity index (χ2n) is 4.00. The van der Waals surface area contributed by atoms with E-state index < -0.39 is 0 Å². The molecule has 0 saturated heterocycles. The van der Waals surface area contributed by atoms with Gasteiger partial charge in [-0.05, 0) is 18.3 Å². The van der Waals surface area contributed by atoms with Gasteiger partial charge >= 0.3 is 0 Å². The first-order valence-corrected chi connectivity index (χ1v) is 5.71. The molecule has 12 heavy (non-hydrogen) atoms. The predicted octanol–water partition coefficient (Wildman–Crippen LogP) is 4.47. The monoisotopic (exact) mass is 190 g/mol. The van der Waals surface area contributed by atoms with Crippen molar-refractivity contribution in [2.45, 2.75) is 58.8 Å². The molecule has 0 rings (SSSR count). The van der Waals surface area contributed by atoms with Crippen molar-refractivity contribution >= 4 is 11.6 Å². The smallest absolute Gasteiger partial charge is 0.0387 e. The van der Waals surface area contributed by atoms with Gasteiger partial charge in [-0.2, -0.15) is 0 Å². The summed E-state index contributed by atoms with van der Waals surface area (Å²) in [5.41, 5.74) is 0. The van der Waals surface area contributed by atoms with Crippen molar-refractivity contribution in [3.63, 3.8) is 0 Å². The van der Waals surface area contributed by atoms with Gasteiger partial charge < -0.3 is 0 Å².